The van der Waals surface area contributed by atoms with Crippen molar-refractivity contribution in [3.05, 3.63) is 35.0 Å². The van der Waals surface area contributed by atoms with Crippen molar-refractivity contribution in [1.82, 2.24) is 24.7 Å². The fourth-order valence-electron chi connectivity index (χ4n) is 5.01. The highest BCUT2D eigenvalue weighted by molar-refractivity contribution is 5.93. The van der Waals surface area contributed by atoms with Crippen molar-refractivity contribution in [3.8, 4) is 0 Å². The van der Waals surface area contributed by atoms with Gasteiger partial charge in [-0.25, -0.2) is 0 Å². The third-order valence-electron chi connectivity index (χ3n) is 6.65. The molecule has 2 fully saturated rings. The summed E-state index contributed by atoms with van der Waals surface area (Å²) >= 11 is 0. The molecule has 0 saturated carbocycles. The van der Waals surface area contributed by atoms with Crippen molar-refractivity contribution in [2.75, 3.05) is 19.6 Å². The second kappa shape index (κ2) is 7.94. The Kier molecular flexibility index (Phi) is 5.51. The molecule has 1 amide bonds. The van der Waals surface area contributed by atoms with Crippen LogP contribution >= 0.6 is 0 Å². The van der Waals surface area contributed by atoms with E-state index in [0.717, 1.165) is 69.7 Å². The Bertz CT molecular complexity index is 870. The Hall–Kier alpha value is -2.15. The topological polar surface area (TPSA) is 67.4 Å². The molecule has 0 bridgehead atoms. The molecule has 1 atom stereocenters. The van der Waals surface area contributed by atoms with Crippen molar-refractivity contribution in [2.24, 2.45) is 7.05 Å². The summed E-state index contributed by atoms with van der Waals surface area (Å²) in [7, 11) is 2.02. The van der Waals surface area contributed by atoms with Crippen LogP contribution in [0.15, 0.2) is 16.7 Å². The van der Waals surface area contributed by atoms with Crippen molar-refractivity contribution in [3.63, 3.8) is 0 Å². The Labute approximate surface area is 173 Å². The second-order valence-corrected chi connectivity index (χ2v) is 9.08. The average molecular weight is 400 g/mol. The first-order valence-corrected chi connectivity index (χ1v) is 10.9. The third kappa shape index (κ3) is 3.97. The van der Waals surface area contributed by atoms with Gasteiger partial charge in [0.2, 0.25) is 0 Å². The lowest BCUT2D eigenvalue weighted by Gasteiger charge is -2.37. The maximum atomic E-state index is 13.3. The highest BCUT2D eigenvalue weighted by Gasteiger charge is 2.45. The summed E-state index contributed by atoms with van der Waals surface area (Å²) in [6.45, 7) is 9.95. The molecule has 2 aliphatic heterocycles. The Morgan fingerprint density at radius 2 is 1.93 bits per heavy atom. The van der Waals surface area contributed by atoms with Crippen LogP contribution in [-0.4, -0.2) is 55.8 Å². The van der Waals surface area contributed by atoms with Gasteiger partial charge in [-0.3, -0.25) is 14.4 Å². The number of carbonyl (C=O) groups is 1. The van der Waals surface area contributed by atoms with Crippen molar-refractivity contribution >= 4 is 5.91 Å². The second-order valence-electron chi connectivity index (χ2n) is 9.08. The van der Waals surface area contributed by atoms with E-state index in [4.69, 9.17) is 4.52 Å². The van der Waals surface area contributed by atoms with Crippen LogP contribution in [0.25, 0.3) is 0 Å². The summed E-state index contributed by atoms with van der Waals surface area (Å²) in [5.74, 6) is 1.05. The van der Waals surface area contributed by atoms with E-state index >= 15 is 0 Å². The van der Waals surface area contributed by atoms with Crippen LogP contribution in [0.1, 0.15) is 79.5 Å². The quantitative estimate of drug-likeness (QED) is 0.787. The highest BCUT2D eigenvalue weighted by atomic mass is 16.5. The summed E-state index contributed by atoms with van der Waals surface area (Å²) in [5, 5.41) is 8.56. The minimum absolute atomic E-state index is 0.0360. The monoisotopic (exact) mass is 399 g/mol. The van der Waals surface area contributed by atoms with Crippen molar-refractivity contribution < 1.29 is 9.32 Å². The molecule has 2 aromatic rings. The van der Waals surface area contributed by atoms with Crippen LogP contribution in [0.5, 0.6) is 0 Å². The molecular weight excluding hydrogens is 366 g/mol. The number of aromatic nitrogens is 3. The molecule has 7 heteroatoms. The van der Waals surface area contributed by atoms with Gasteiger partial charge in [-0.1, -0.05) is 19.0 Å². The van der Waals surface area contributed by atoms with Gasteiger partial charge in [0, 0.05) is 44.2 Å². The molecule has 2 saturated heterocycles. The molecule has 0 unspecified atom stereocenters. The first-order chi connectivity index (χ1) is 13.9. The Morgan fingerprint density at radius 3 is 2.59 bits per heavy atom. The smallest absolute Gasteiger partial charge is 0.276 e. The standard InChI is InChI=1S/C22H33N5O2/c1-16(2)20-14-19(24-29-20)21(28)27-11-6-8-22(27)7-5-10-26(12-9-22)15-18-13-17(3)23-25(18)4/h13-14,16H,5-12,15H2,1-4H3/t22-/m0/s1. The lowest BCUT2D eigenvalue weighted by molar-refractivity contribution is 0.0547. The first kappa shape index (κ1) is 20.1. The molecule has 2 aliphatic rings. The Balaban J connectivity index is 1.46. The minimum Gasteiger partial charge on any atom is -0.360 e. The van der Waals surface area contributed by atoms with Crippen LogP contribution in [0, 0.1) is 6.92 Å². The zero-order chi connectivity index (χ0) is 20.6. The number of carbonyl (C=O) groups excluding carboxylic acids is 1. The molecule has 0 aromatic carbocycles. The first-order valence-electron chi connectivity index (χ1n) is 10.9. The fraction of sp³-hybridized carbons (Fsp3) is 0.682. The van der Waals surface area contributed by atoms with E-state index in [-0.39, 0.29) is 17.4 Å². The summed E-state index contributed by atoms with van der Waals surface area (Å²) in [6, 6.07) is 4.00. The normalized spacial score (nSPS) is 23.3. The van der Waals surface area contributed by atoms with E-state index in [9.17, 15) is 4.79 Å². The van der Waals surface area contributed by atoms with Crippen LogP contribution in [0.3, 0.4) is 0 Å². The van der Waals surface area contributed by atoms with E-state index in [2.05, 4.69) is 40.0 Å². The molecule has 4 rings (SSSR count). The summed E-state index contributed by atoms with van der Waals surface area (Å²) in [5.41, 5.74) is 2.74. The molecule has 1 spiro atoms. The predicted molar refractivity (Wildman–Crippen MR) is 111 cm³/mol. The van der Waals surface area contributed by atoms with Crippen LogP contribution in [0.4, 0.5) is 0 Å². The largest absolute Gasteiger partial charge is 0.360 e. The average Bonchev–Trinajstić information content (AvgIpc) is 3.35. The molecule has 2 aromatic heterocycles. The molecule has 4 heterocycles. The van der Waals surface area contributed by atoms with Gasteiger partial charge < -0.3 is 9.42 Å². The maximum Gasteiger partial charge on any atom is 0.276 e. The number of likely N-dealkylation sites (tertiary alicyclic amines) is 2. The van der Waals surface area contributed by atoms with Gasteiger partial charge in [0.1, 0.15) is 5.76 Å². The van der Waals surface area contributed by atoms with Crippen LogP contribution < -0.4 is 0 Å². The summed E-state index contributed by atoms with van der Waals surface area (Å²) < 4.78 is 7.37. The lowest BCUT2D eigenvalue weighted by atomic mass is 9.87. The number of aryl methyl sites for hydroxylation is 2. The molecular formula is C22H33N5O2. The van der Waals surface area contributed by atoms with E-state index in [0.29, 0.717) is 5.69 Å². The number of amides is 1. The number of hydrogen-bond acceptors (Lipinski definition) is 5. The summed E-state index contributed by atoms with van der Waals surface area (Å²) in [6.07, 6.45) is 5.35. The maximum absolute atomic E-state index is 13.3. The van der Waals surface area contributed by atoms with Gasteiger partial charge in [0.15, 0.2) is 5.69 Å². The third-order valence-corrected chi connectivity index (χ3v) is 6.65. The molecule has 29 heavy (non-hydrogen) atoms. The van der Waals surface area contributed by atoms with E-state index in [1.54, 1.807) is 0 Å². The van der Waals surface area contributed by atoms with Gasteiger partial charge >= 0.3 is 0 Å². The van der Waals surface area contributed by atoms with Gasteiger partial charge in [-0.15, -0.1) is 0 Å². The zero-order valence-electron chi connectivity index (χ0n) is 18.1. The van der Waals surface area contributed by atoms with E-state index in [1.165, 1.54) is 5.69 Å². The molecule has 0 radical (unpaired) electrons. The SMILES string of the molecule is Cc1cc(CN2CCC[C@]3(CCCN3C(=O)c3cc(C(C)C)on3)CC2)n(C)n1. The van der Waals surface area contributed by atoms with Crippen molar-refractivity contribution in [1.29, 1.82) is 0 Å². The molecule has 7 nitrogen and oxygen atoms in total. The summed E-state index contributed by atoms with van der Waals surface area (Å²) in [4.78, 5) is 17.9. The Morgan fingerprint density at radius 1 is 1.17 bits per heavy atom. The van der Waals surface area contributed by atoms with E-state index < -0.39 is 0 Å². The number of rotatable bonds is 4. The predicted octanol–water partition coefficient (Wildman–Crippen LogP) is 3.50. The van der Waals surface area contributed by atoms with Gasteiger partial charge in [-0.05, 0) is 51.6 Å². The zero-order valence-corrected chi connectivity index (χ0v) is 18.1. The van der Waals surface area contributed by atoms with Crippen LogP contribution in [-0.2, 0) is 13.6 Å². The van der Waals surface area contributed by atoms with E-state index in [1.807, 2.05) is 24.7 Å². The van der Waals surface area contributed by atoms with Gasteiger partial charge in [-0.2, -0.15) is 5.10 Å². The molecule has 0 aliphatic carbocycles. The highest BCUT2D eigenvalue weighted by Crippen LogP contribution is 2.39. The number of nitrogens with zero attached hydrogens (tertiary/aromatic N) is 5. The van der Waals surface area contributed by atoms with Crippen molar-refractivity contribution in [2.45, 2.75) is 70.9 Å². The van der Waals surface area contributed by atoms with Gasteiger partial charge in [0.05, 0.1) is 11.4 Å². The molecule has 158 valence electrons. The van der Waals surface area contributed by atoms with Crippen LogP contribution in [0.2, 0.25) is 0 Å². The fourth-order valence-corrected chi connectivity index (χ4v) is 5.01. The lowest BCUT2D eigenvalue weighted by Crippen LogP contribution is -2.48. The van der Waals surface area contributed by atoms with Gasteiger partial charge in [0.25, 0.3) is 5.91 Å². The number of hydrogen-bond donors (Lipinski definition) is 0. The molecule has 0 N–H and O–H groups in total. The minimum atomic E-state index is -0.0366.